The van der Waals surface area contributed by atoms with E-state index in [2.05, 4.69) is 63.7 Å². The fourth-order valence-electron chi connectivity index (χ4n) is 4.04. The number of ketones is 1. The number of hydrazine groups is 1. The summed E-state index contributed by atoms with van der Waals surface area (Å²) in [7, 11) is 0. The average Bonchev–Trinajstić information content (AvgIpc) is 3.20. The molecule has 3 aromatic rings. The highest BCUT2D eigenvalue weighted by atomic mass is 79.9. The van der Waals surface area contributed by atoms with E-state index in [-0.39, 0.29) is 49.2 Å². The van der Waals surface area contributed by atoms with Gasteiger partial charge in [0.05, 0.1) is 16.1 Å². The molecule has 0 bridgehead atoms. The number of hydrogen-bond donors (Lipinski definition) is 0. The van der Waals surface area contributed by atoms with E-state index < -0.39 is 40.3 Å². The molecule has 0 aliphatic carbocycles. The molecule has 1 heterocycles. The predicted molar refractivity (Wildman–Crippen MR) is 157 cm³/mol. The molecule has 3 amide bonds. The van der Waals surface area contributed by atoms with Gasteiger partial charge in [0.25, 0.3) is 23.4 Å². The number of carbonyl (C=O) groups excluding carboxylic acids is 4. The second kappa shape index (κ2) is 12.1. The minimum Gasteiger partial charge on any atom is -0.292 e. The molecule has 4 rings (SSSR count). The van der Waals surface area contributed by atoms with E-state index in [1.165, 1.54) is 12.1 Å². The molecule has 0 saturated heterocycles. The predicted octanol–water partition coefficient (Wildman–Crippen LogP) is 7.32. The Kier molecular flexibility index (Phi) is 9.25. The van der Waals surface area contributed by atoms with E-state index in [0.717, 1.165) is 36.4 Å². The van der Waals surface area contributed by atoms with Crippen molar-refractivity contribution in [2.24, 2.45) is 0 Å². The first-order valence-corrected chi connectivity index (χ1v) is 14.8. The number of amides is 3. The summed E-state index contributed by atoms with van der Waals surface area (Å²) in [5, 5.41) is 12.4. The SMILES string of the molecule is O=C(c1ccc(F)cc1)[C@H](CCCl)N(C(=O)c1ccc([N+](=O)[O-])cc1)N1C(=O)c2c(Br)c(Br)c(Br)c(Br)c2C1=O. The van der Waals surface area contributed by atoms with Crippen LogP contribution in [0.15, 0.2) is 66.4 Å². The van der Waals surface area contributed by atoms with Crippen molar-refractivity contribution in [2.45, 2.75) is 12.5 Å². The Bertz CT molecular complexity index is 1540. The van der Waals surface area contributed by atoms with E-state index in [0.29, 0.717) is 19.0 Å². The number of alkyl halides is 1. The van der Waals surface area contributed by atoms with Crippen molar-refractivity contribution in [2.75, 3.05) is 5.88 Å². The number of halogens is 6. The zero-order valence-corrected chi connectivity index (χ0v) is 26.8. The highest BCUT2D eigenvalue weighted by Crippen LogP contribution is 2.46. The maximum absolute atomic E-state index is 14.0. The third-order valence-corrected chi connectivity index (χ3v) is 10.9. The zero-order chi connectivity index (χ0) is 29.5. The van der Waals surface area contributed by atoms with Gasteiger partial charge in [0.1, 0.15) is 11.9 Å². The standard InChI is InChI=1S/C25H13Br4ClFN3O6/c26-18-16-17(19(27)21(29)20(18)28)25(38)33(24(16)37)32(23(36)12-3-7-14(8-4-12)34(39)40)15(9-10-30)22(35)11-1-5-13(31)6-2-11/h1-8,15H,9-10H2/t15-/m0/s1. The quantitative estimate of drug-likeness (QED) is 0.0447. The van der Waals surface area contributed by atoms with E-state index >= 15 is 0 Å². The number of benzene rings is 3. The fourth-order valence-corrected chi connectivity index (χ4v) is 6.70. The zero-order valence-electron chi connectivity index (χ0n) is 19.7. The van der Waals surface area contributed by atoms with E-state index in [1.54, 1.807) is 0 Å². The Labute approximate surface area is 264 Å². The van der Waals surface area contributed by atoms with Crippen LogP contribution in [0.1, 0.15) is 47.9 Å². The summed E-state index contributed by atoms with van der Waals surface area (Å²) in [6.07, 6.45) is -0.195. The van der Waals surface area contributed by atoms with Crippen LogP contribution in [0.5, 0.6) is 0 Å². The van der Waals surface area contributed by atoms with Crippen molar-refractivity contribution in [3.8, 4) is 0 Å². The molecule has 40 heavy (non-hydrogen) atoms. The van der Waals surface area contributed by atoms with Crippen LogP contribution in [-0.2, 0) is 0 Å². The summed E-state index contributed by atoms with van der Waals surface area (Å²) >= 11 is 19.3. The number of Topliss-reactive ketones (excluding diaryl/α,β-unsaturated/α-hetero) is 1. The van der Waals surface area contributed by atoms with Crippen molar-refractivity contribution in [3.63, 3.8) is 0 Å². The van der Waals surface area contributed by atoms with E-state index in [4.69, 9.17) is 11.6 Å². The van der Waals surface area contributed by atoms with Crippen LogP contribution < -0.4 is 0 Å². The normalized spacial score (nSPS) is 13.3. The van der Waals surface area contributed by atoms with Gasteiger partial charge in [0.15, 0.2) is 5.78 Å². The highest BCUT2D eigenvalue weighted by molar-refractivity contribution is 9.15. The maximum Gasteiger partial charge on any atom is 0.282 e. The molecule has 1 aliphatic rings. The molecule has 3 aromatic carbocycles. The summed E-state index contributed by atoms with van der Waals surface area (Å²) in [6.45, 7) is 0. The van der Waals surface area contributed by atoms with Crippen LogP contribution in [-0.4, -0.2) is 50.4 Å². The van der Waals surface area contributed by atoms with Crippen LogP contribution >= 0.6 is 75.3 Å². The highest BCUT2D eigenvalue weighted by Gasteiger charge is 2.48. The first-order valence-electron chi connectivity index (χ1n) is 11.1. The molecule has 0 saturated carbocycles. The Balaban J connectivity index is 1.91. The Morgan fingerprint density at radius 3 is 1.80 bits per heavy atom. The number of rotatable bonds is 8. The smallest absolute Gasteiger partial charge is 0.282 e. The summed E-state index contributed by atoms with van der Waals surface area (Å²) < 4.78 is 14.8. The number of nitro benzene ring substituents is 1. The fraction of sp³-hybridized carbons (Fsp3) is 0.120. The van der Waals surface area contributed by atoms with E-state index in [9.17, 15) is 33.7 Å². The molecule has 0 radical (unpaired) electrons. The van der Waals surface area contributed by atoms with Crippen molar-refractivity contribution >= 4 is 105 Å². The number of imide groups is 1. The van der Waals surface area contributed by atoms with Gasteiger partial charge in [-0.15, -0.1) is 11.6 Å². The van der Waals surface area contributed by atoms with Gasteiger partial charge in [-0.1, -0.05) is 0 Å². The first kappa shape index (κ1) is 30.4. The molecule has 9 nitrogen and oxygen atoms in total. The summed E-state index contributed by atoms with van der Waals surface area (Å²) in [5.74, 6) is -4.27. The number of non-ortho nitro benzene ring substituents is 1. The van der Waals surface area contributed by atoms with Crippen LogP contribution in [0.3, 0.4) is 0 Å². The monoisotopic (exact) mass is 821 g/mol. The molecular formula is C25H13Br4ClFN3O6. The molecule has 0 fully saturated rings. The largest absolute Gasteiger partial charge is 0.292 e. The van der Waals surface area contributed by atoms with Crippen LogP contribution in [0.2, 0.25) is 0 Å². The molecule has 0 unspecified atom stereocenters. The van der Waals surface area contributed by atoms with Crippen molar-refractivity contribution in [1.82, 2.24) is 10.0 Å². The lowest BCUT2D eigenvalue weighted by Crippen LogP contribution is -2.57. The number of nitrogens with zero attached hydrogens (tertiary/aromatic N) is 3. The van der Waals surface area contributed by atoms with Crippen LogP contribution in [0, 0.1) is 15.9 Å². The summed E-state index contributed by atoms with van der Waals surface area (Å²) in [5.41, 5.74) is -0.595. The molecule has 206 valence electrons. The van der Waals surface area contributed by atoms with Crippen molar-refractivity contribution < 1.29 is 28.5 Å². The molecular weight excluding hydrogens is 812 g/mol. The molecule has 15 heteroatoms. The third-order valence-electron chi connectivity index (χ3n) is 5.94. The van der Waals surface area contributed by atoms with Crippen LogP contribution in [0.4, 0.5) is 10.1 Å². The number of nitro groups is 1. The van der Waals surface area contributed by atoms with E-state index in [1.807, 2.05) is 0 Å². The van der Waals surface area contributed by atoms with Crippen LogP contribution in [0.25, 0.3) is 0 Å². The van der Waals surface area contributed by atoms with Gasteiger partial charge in [-0.2, -0.15) is 5.01 Å². The first-order chi connectivity index (χ1) is 18.9. The van der Waals surface area contributed by atoms with Gasteiger partial charge in [-0.05, 0) is 107 Å². The number of hydrogen-bond acceptors (Lipinski definition) is 6. The number of carbonyl (C=O) groups is 4. The molecule has 0 N–H and O–H groups in total. The Morgan fingerprint density at radius 1 is 0.875 bits per heavy atom. The second-order valence-corrected chi connectivity index (χ2v) is 11.8. The lowest BCUT2D eigenvalue weighted by atomic mass is 10.0. The Morgan fingerprint density at radius 2 is 1.35 bits per heavy atom. The van der Waals surface area contributed by atoms with Gasteiger partial charge in [0.2, 0.25) is 0 Å². The summed E-state index contributed by atoms with van der Waals surface area (Å²) in [6, 6.07) is 7.47. The minimum absolute atomic E-state index is 0.00229. The molecule has 1 atom stereocenters. The maximum atomic E-state index is 14.0. The Hall–Kier alpha value is -2.52. The molecule has 0 spiro atoms. The summed E-state index contributed by atoms with van der Waals surface area (Å²) in [4.78, 5) is 65.8. The lowest BCUT2D eigenvalue weighted by molar-refractivity contribution is -0.384. The van der Waals surface area contributed by atoms with Gasteiger partial charge < -0.3 is 0 Å². The minimum atomic E-state index is -1.49. The van der Waals surface area contributed by atoms with Gasteiger partial charge in [0, 0.05) is 47.0 Å². The van der Waals surface area contributed by atoms with Gasteiger partial charge >= 0.3 is 0 Å². The third kappa shape index (κ3) is 5.39. The molecule has 1 aliphatic heterocycles. The van der Waals surface area contributed by atoms with Gasteiger partial charge in [-0.25, -0.2) is 9.40 Å². The second-order valence-electron chi connectivity index (χ2n) is 8.25. The topological polar surface area (TPSA) is 118 Å². The lowest BCUT2D eigenvalue weighted by Gasteiger charge is -2.36. The van der Waals surface area contributed by atoms with Gasteiger partial charge in [-0.3, -0.25) is 29.3 Å². The average molecular weight is 825 g/mol. The molecule has 0 aromatic heterocycles. The number of fused-ring (bicyclic) bond motifs is 1. The van der Waals surface area contributed by atoms with Crippen molar-refractivity contribution in [3.05, 3.63) is 105 Å². The van der Waals surface area contributed by atoms with Crippen molar-refractivity contribution in [1.29, 1.82) is 0 Å².